The number of nitrogens with two attached hydrogens (primary N) is 1. The maximum absolute atomic E-state index is 12.8. The van der Waals surface area contributed by atoms with Crippen LogP contribution in [0.15, 0.2) is 105 Å². The molecule has 0 aliphatic heterocycles. The largest absolute Gasteiger partial charge is 0.330 e. The minimum Gasteiger partial charge on any atom is -0.330 e. The summed E-state index contributed by atoms with van der Waals surface area (Å²) >= 11 is 11.9. The van der Waals surface area contributed by atoms with Gasteiger partial charge < -0.3 is 5.73 Å². The third-order valence-electron chi connectivity index (χ3n) is 8.86. The fourth-order valence-corrected chi connectivity index (χ4v) is 9.77. The van der Waals surface area contributed by atoms with E-state index in [9.17, 15) is 16.8 Å². The van der Waals surface area contributed by atoms with Crippen LogP contribution < -0.4 is 5.73 Å². The standard InChI is InChI=1S/C19H21ClO2S.C17H18ClNO2S.CH4/c1-2-5-14-6-3-7-15-12-18(10-11-19(14)15)23(21,22)17-9-4-8-16(20)13-17;18-14-5-2-6-15(10-14)22(20,21)16-7-8-17-12(9-16)3-1-4-13(17)11-19;/h4,8-14H,2-3,5-7H2,1H3;2,5-10,13H,1,3-4,11,19H2;1H4. The Balaban J connectivity index is 0.000000205. The third-order valence-corrected chi connectivity index (χ3v) is 12.8. The molecular weight excluding hydrogens is 657 g/mol. The molecule has 0 saturated heterocycles. The second-order valence-corrected chi connectivity index (χ2v) is 16.6. The summed E-state index contributed by atoms with van der Waals surface area (Å²) in [7, 11) is -7.04. The number of hydrogen-bond donors (Lipinski definition) is 1. The highest BCUT2D eigenvalue weighted by molar-refractivity contribution is 7.91. The summed E-state index contributed by atoms with van der Waals surface area (Å²) in [6.07, 6.45) is 8.68. The molecule has 2 atom stereocenters. The van der Waals surface area contributed by atoms with Gasteiger partial charge in [0.2, 0.25) is 19.7 Å². The van der Waals surface area contributed by atoms with Crippen molar-refractivity contribution in [1.82, 2.24) is 0 Å². The summed E-state index contributed by atoms with van der Waals surface area (Å²) in [4.78, 5) is 1.18. The van der Waals surface area contributed by atoms with E-state index in [1.165, 1.54) is 41.7 Å². The molecule has 0 fully saturated rings. The molecule has 9 heteroatoms. The number of hydrogen-bond acceptors (Lipinski definition) is 5. The first kappa shape index (κ1) is 36.2. The van der Waals surface area contributed by atoms with E-state index in [1.54, 1.807) is 54.6 Å². The number of aryl methyl sites for hydroxylation is 2. The lowest BCUT2D eigenvalue weighted by molar-refractivity contribution is 0.514. The molecule has 0 bridgehead atoms. The lowest BCUT2D eigenvalue weighted by Crippen LogP contribution is -2.18. The molecule has 6 rings (SSSR count). The van der Waals surface area contributed by atoms with Crippen molar-refractivity contribution in [3.05, 3.63) is 117 Å². The Morgan fingerprint density at radius 3 is 1.52 bits per heavy atom. The average Bonchev–Trinajstić information content (AvgIpc) is 3.04. The van der Waals surface area contributed by atoms with Crippen molar-refractivity contribution in [1.29, 1.82) is 0 Å². The second kappa shape index (κ2) is 15.5. The van der Waals surface area contributed by atoms with Crippen molar-refractivity contribution in [2.24, 2.45) is 5.73 Å². The highest BCUT2D eigenvalue weighted by Gasteiger charge is 2.25. The zero-order valence-corrected chi connectivity index (χ0v) is 28.5. The number of rotatable bonds is 7. The summed E-state index contributed by atoms with van der Waals surface area (Å²) in [5.41, 5.74) is 10.6. The normalized spacial score (nSPS) is 17.5. The minimum atomic E-state index is -3.53. The van der Waals surface area contributed by atoms with Crippen LogP contribution in [0.25, 0.3) is 0 Å². The zero-order chi connectivity index (χ0) is 32.2. The molecule has 4 aromatic rings. The summed E-state index contributed by atoms with van der Waals surface area (Å²) in [6, 6.07) is 23.9. The molecule has 0 amide bonds. The number of fused-ring (bicyclic) bond motifs is 2. The molecule has 4 aromatic carbocycles. The van der Waals surface area contributed by atoms with Crippen molar-refractivity contribution in [3.8, 4) is 0 Å². The van der Waals surface area contributed by atoms with Crippen LogP contribution in [0.4, 0.5) is 0 Å². The van der Waals surface area contributed by atoms with Crippen LogP contribution in [0.5, 0.6) is 0 Å². The fraction of sp³-hybridized carbons (Fsp3) is 0.351. The van der Waals surface area contributed by atoms with Crippen LogP contribution in [0.1, 0.15) is 87.0 Å². The van der Waals surface area contributed by atoms with Gasteiger partial charge in [0, 0.05) is 10.0 Å². The van der Waals surface area contributed by atoms with Crippen molar-refractivity contribution in [3.63, 3.8) is 0 Å². The third kappa shape index (κ3) is 7.88. The van der Waals surface area contributed by atoms with E-state index in [-0.39, 0.29) is 17.2 Å². The number of halogens is 2. The van der Waals surface area contributed by atoms with Crippen LogP contribution in [-0.4, -0.2) is 23.4 Å². The van der Waals surface area contributed by atoms with Crippen LogP contribution >= 0.6 is 23.2 Å². The SMILES string of the molecule is C.CCCC1CCCc2cc(S(=O)(=O)c3cccc(Cl)c3)ccc21.NCC1CCCc2cc(S(=O)(=O)c3cccc(Cl)c3)ccc21. The summed E-state index contributed by atoms with van der Waals surface area (Å²) in [5, 5.41) is 0.856. The van der Waals surface area contributed by atoms with Gasteiger partial charge in [0.25, 0.3) is 0 Å². The number of sulfone groups is 2. The molecule has 2 N–H and O–H groups in total. The smallest absolute Gasteiger partial charge is 0.206 e. The molecule has 0 saturated carbocycles. The van der Waals surface area contributed by atoms with Gasteiger partial charge in [0.1, 0.15) is 0 Å². The predicted molar refractivity (Wildman–Crippen MR) is 189 cm³/mol. The van der Waals surface area contributed by atoms with Gasteiger partial charge in [-0.15, -0.1) is 0 Å². The van der Waals surface area contributed by atoms with Gasteiger partial charge in [-0.2, -0.15) is 0 Å². The first-order chi connectivity index (χ1) is 21.5. The van der Waals surface area contributed by atoms with Gasteiger partial charge in [-0.05, 0) is 146 Å². The highest BCUT2D eigenvalue weighted by Crippen LogP contribution is 2.37. The van der Waals surface area contributed by atoms with Crippen LogP contribution in [0.2, 0.25) is 10.0 Å². The van der Waals surface area contributed by atoms with E-state index >= 15 is 0 Å². The summed E-state index contributed by atoms with van der Waals surface area (Å²) in [5.74, 6) is 0.915. The Labute approximate surface area is 285 Å². The topological polar surface area (TPSA) is 94.3 Å². The fourth-order valence-electron chi connectivity index (χ4n) is 6.55. The maximum Gasteiger partial charge on any atom is 0.206 e. The van der Waals surface area contributed by atoms with Crippen LogP contribution in [-0.2, 0) is 32.5 Å². The molecule has 2 aliphatic rings. The molecule has 0 radical (unpaired) electrons. The quantitative estimate of drug-likeness (QED) is 0.207. The Morgan fingerprint density at radius 1 is 0.652 bits per heavy atom. The van der Waals surface area contributed by atoms with E-state index in [1.807, 2.05) is 18.2 Å². The highest BCUT2D eigenvalue weighted by atomic mass is 35.5. The van der Waals surface area contributed by atoms with Crippen LogP contribution in [0, 0.1) is 0 Å². The average molecular weight is 701 g/mol. The van der Waals surface area contributed by atoms with E-state index in [4.69, 9.17) is 28.9 Å². The molecule has 2 aliphatic carbocycles. The molecule has 5 nitrogen and oxygen atoms in total. The van der Waals surface area contributed by atoms with Gasteiger partial charge in [-0.3, -0.25) is 0 Å². The van der Waals surface area contributed by atoms with E-state index in [0.29, 0.717) is 38.2 Å². The van der Waals surface area contributed by atoms with Crippen molar-refractivity contribution in [2.45, 2.75) is 97.1 Å². The van der Waals surface area contributed by atoms with Crippen molar-refractivity contribution in [2.75, 3.05) is 6.54 Å². The molecule has 246 valence electrons. The molecule has 0 heterocycles. The predicted octanol–water partition coefficient (Wildman–Crippen LogP) is 9.58. The van der Waals surface area contributed by atoms with E-state index in [2.05, 4.69) is 6.92 Å². The molecule has 2 unspecified atom stereocenters. The second-order valence-electron chi connectivity index (χ2n) is 11.8. The van der Waals surface area contributed by atoms with Gasteiger partial charge in [0.05, 0.1) is 19.6 Å². The number of benzene rings is 4. The minimum absolute atomic E-state index is 0. The van der Waals surface area contributed by atoms with Gasteiger partial charge >= 0.3 is 0 Å². The zero-order valence-electron chi connectivity index (χ0n) is 25.4. The van der Waals surface area contributed by atoms with Gasteiger partial charge in [-0.1, -0.05) is 68.2 Å². The Kier molecular flexibility index (Phi) is 12.2. The molecule has 0 aromatic heterocycles. The van der Waals surface area contributed by atoms with Crippen molar-refractivity contribution >= 4 is 42.9 Å². The molecule has 46 heavy (non-hydrogen) atoms. The summed E-state index contributed by atoms with van der Waals surface area (Å²) < 4.78 is 51.1. The lowest BCUT2D eigenvalue weighted by Gasteiger charge is -2.25. The van der Waals surface area contributed by atoms with Crippen LogP contribution in [0.3, 0.4) is 0 Å². The first-order valence-electron chi connectivity index (χ1n) is 15.5. The van der Waals surface area contributed by atoms with E-state index in [0.717, 1.165) is 44.1 Å². The Hall–Kier alpha value is -2.68. The van der Waals surface area contributed by atoms with Gasteiger partial charge in [0.15, 0.2) is 0 Å². The van der Waals surface area contributed by atoms with Gasteiger partial charge in [-0.25, -0.2) is 16.8 Å². The summed E-state index contributed by atoms with van der Waals surface area (Å²) in [6.45, 7) is 2.81. The molecular formula is C37H43Cl2NO4S2. The monoisotopic (exact) mass is 699 g/mol. The Bertz CT molecular complexity index is 1890. The lowest BCUT2D eigenvalue weighted by atomic mass is 9.81. The maximum atomic E-state index is 12.8. The van der Waals surface area contributed by atoms with E-state index < -0.39 is 19.7 Å². The van der Waals surface area contributed by atoms with Crippen molar-refractivity contribution < 1.29 is 16.8 Å². The Morgan fingerprint density at radius 2 is 1.09 bits per heavy atom. The molecule has 0 spiro atoms. The first-order valence-corrected chi connectivity index (χ1v) is 19.2.